The fourth-order valence-corrected chi connectivity index (χ4v) is 1.87. The van der Waals surface area contributed by atoms with Gasteiger partial charge in [0.25, 0.3) is 0 Å². The van der Waals surface area contributed by atoms with Crippen molar-refractivity contribution >= 4 is 0 Å². The number of hydrogen-bond donors (Lipinski definition) is 2. The van der Waals surface area contributed by atoms with Gasteiger partial charge in [-0.2, -0.15) is 0 Å². The molecule has 0 radical (unpaired) electrons. The normalized spacial score (nSPS) is 17.7. The Labute approximate surface area is 95.4 Å². The first-order valence-electron chi connectivity index (χ1n) is 5.71. The van der Waals surface area contributed by atoms with Gasteiger partial charge in [-0.05, 0) is 37.5 Å². The summed E-state index contributed by atoms with van der Waals surface area (Å²) in [6.45, 7) is 0.796. The number of aryl methyl sites for hydroxylation is 1. The van der Waals surface area contributed by atoms with Crippen LogP contribution in [0.4, 0.5) is 0 Å². The van der Waals surface area contributed by atoms with E-state index >= 15 is 0 Å². The lowest BCUT2D eigenvalue weighted by atomic mass is 10.1. The van der Waals surface area contributed by atoms with Crippen molar-refractivity contribution in [1.82, 2.24) is 5.43 Å². The maximum Gasteiger partial charge on any atom is 0.110 e. The Morgan fingerprint density at radius 3 is 3.06 bits per heavy atom. The molecule has 0 saturated heterocycles. The molecular weight excluding hydrogens is 204 g/mol. The van der Waals surface area contributed by atoms with E-state index in [9.17, 15) is 0 Å². The van der Waals surface area contributed by atoms with Crippen molar-refractivity contribution < 1.29 is 9.15 Å². The van der Waals surface area contributed by atoms with E-state index in [0.29, 0.717) is 0 Å². The topological polar surface area (TPSA) is 60.4 Å². The monoisotopic (exact) mass is 222 g/mol. The van der Waals surface area contributed by atoms with Crippen LogP contribution in [0, 0.1) is 0 Å². The smallest absolute Gasteiger partial charge is 0.110 e. The van der Waals surface area contributed by atoms with Gasteiger partial charge in [-0.15, -0.1) is 0 Å². The fourth-order valence-electron chi connectivity index (χ4n) is 1.87. The number of rotatable bonds is 5. The van der Waals surface area contributed by atoms with Gasteiger partial charge in [0.15, 0.2) is 0 Å². The van der Waals surface area contributed by atoms with Crippen molar-refractivity contribution in [3.8, 4) is 0 Å². The lowest BCUT2D eigenvalue weighted by molar-refractivity contribution is 0.164. The Balaban J connectivity index is 1.87. The van der Waals surface area contributed by atoms with E-state index in [1.54, 1.807) is 6.26 Å². The molecule has 4 nitrogen and oxygen atoms in total. The van der Waals surface area contributed by atoms with E-state index in [0.717, 1.165) is 43.8 Å². The zero-order chi connectivity index (χ0) is 11.2. The van der Waals surface area contributed by atoms with Gasteiger partial charge in [0, 0.05) is 6.42 Å². The molecule has 88 valence electrons. The largest absolute Gasteiger partial charge is 0.497 e. The summed E-state index contributed by atoms with van der Waals surface area (Å²) >= 11 is 0. The molecule has 16 heavy (non-hydrogen) atoms. The number of ether oxygens (including phenoxy) is 1. The summed E-state index contributed by atoms with van der Waals surface area (Å²) in [7, 11) is 0. The highest BCUT2D eigenvalue weighted by Gasteiger charge is 2.16. The molecule has 4 heteroatoms. The van der Waals surface area contributed by atoms with Crippen LogP contribution in [-0.2, 0) is 11.2 Å². The number of hydrogen-bond acceptors (Lipinski definition) is 4. The number of hydrazine groups is 1. The Morgan fingerprint density at radius 2 is 2.44 bits per heavy atom. The summed E-state index contributed by atoms with van der Waals surface area (Å²) in [5.74, 6) is 7.50. The van der Waals surface area contributed by atoms with Crippen LogP contribution in [0.1, 0.15) is 25.0 Å². The SMILES string of the molecule is NNC(CCc1ccco1)C1=CCCCO1. The second kappa shape index (κ2) is 5.72. The van der Waals surface area contributed by atoms with Gasteiger partial charge in [-0.25, -0.2) is 5.43 Å². The molecule has 1 aliphatic heterocycles. The Kier molecular flexibility index (Phi) is 4.02. The van der Waals surface area contributed by atoms with Crippen LogP contribution in [-0.4, -0.2) is 12.6 Å². The van der Waals surface area contributed by atoms with Crippen LogP contribution in [0.5, 0.6) is 0 Å². The summed E-state index contributed by atoms with van der Waals surface area (Å²) in [5, 5.41) is 0. The molecule has 2 heterocycles. The maximum atomic E-state index is 5.59. The maximum absolute atomic E-state index is 5.59. The minimum Gasteiger partial charge on any atom is -0.497 e. The molecule has 0 aliphatic carbocycles. The van der Waals surface area contributed by atoms with Crippen LogP contribution < -0.4 is 11.3 Å². The molecule has 1 unspecified atom stereocenters. The van der Waals surface area contributed by atoms with Crippen molar-refractivity contribution in [1.29, 1.82) is 0 Å². The third kappa shape index (κ3) is 2.87. The Hall–Kier alpha value is -1.26. The number of nitrogens with one attached hydrogen (secondary N) is 1. The van der Waals surface area contributed by atoms with Crippen LogP contribution in [0.2, 0.25) is 0 Å². The third-order valence-corrected chi connectivity index (χ3v) is 2.77. The predicted molar refractivity (Wildman–Crippen MR) is 61.4 cm³/mol. The summed E-state index contributed by atoms with van der Waals surface area (Å²) in [6, 6.07) is 3.96. The van der Waals surface area contributed by atoms with Crippen LogP contribution in [0.15, 0.2) is 34.6 Å². The number of allylic oxidation sites excluding steroid dienone is 1. The van der Waals surface area contributed by atoms with Gasteiger partial charge < -0.3 is 9.15 Å². The van der Waals surface area contributed by atoms with Crippen molar-refractivity contribution in [2.24, 2.45) is 5.84 Å². The molecule has 0 amide bonds. The molecule has 0 fully saturated rings. The summed E-state index contributed by atoms with van der Waals surface area (Å²) in [5.41, 5.74) is 2.80. The number of nitrogens with two attached hydrogens (primary N) is 1. The van der Waals surface area contributed by atoms with Crippen molar-refractivity contribution in [2.75, 3.05) is 6.61 Å². The van der Waals surface area contributed by atoms with Crippen molar-refractivity contribution in [3.63, 3.8) is 0 Å². The molecule has 0 aromatic carbocycles. The highest BCUT2D eigenvalue weighted by molar-refractivity contribution is 5.07. The first-order chi connectivity index (χ1) is 7.90. The molecule has 2 rings (SSSR count). The van der Waals surface area contributed by atoms with E-state index in [4.69, 9.17) is 15.0 Å². The van der Waals surface area contributed by atoms with Gasteiger partial charge in [0.05, 0.1) is 18.9 Å². The Morgan fingerprint density at radius 1 is 1.50 bits per heavy atom. The number of furan rings is 1. The minimum atomic E-state index is 0.0883. The lowest BCUT2D eigenvalue weighted by Gasteiger charge is -2.22. The van der Waals surface area contributed by atoms with Crippen LogP contribution in [0.3, 0.4) is 0 Å². The molecule has 3 N–H and O–H groups in total. The zero-order valence-electron chi connectivity index (χ0n) is 9.32. The highest BCUT2D eigenvalue weighted by Crippen LogP contribution is 2.17. The molecule has 0 saturated carbocycles. The van der Waals surface area contributed by atoms with E-state index in [1.807, 2.05) is 12.1 Å². The molecule has 1 aliphatic rings. The molecule has 1 aromatic rings. The predicted octanol–water partition coefficient (Wildman–Crippen LogP) is 1.74. The lowest BCUT2D eigenvalue weighted by Crippen LogP contribution is -2.38. The van der Waals surface area contributed by atoms with Crippen LogP contribution >= 0.6 is 0 Å². The van der Waals surface area contributed by atoms with Crippen molar-refractivity contribution in [2.45, 2.75) is 31.7 Å². The van der Waals surface area contributed by atoms with E-state index in [2.05, 4.69) is 11.5 Å². The summed E-state index contributed by atoms with van der Waals surface area (Å²) < 4.78 is 10.9. The van der Waals surface area contributed by atoms with Gasteiger partial charge in [-0.3, -0.25) is 5.84 Å². The summed E-state index contributed by atoms with van der Waals surface area (Å²) in [4.78, 5) is 0. The van der Waals surface area contributed by atoms with Crippen LogP contribution in [0.25, 0.3) is 0 Å². The molecule has 0 spiro atoms. The second-order valence-electron chi connectivity index (χ2n) is 3.93. The van der Waals surface area contributed by atoms with Crippen molar-refractivity contribution in [3.05, 3.63) is 36.0 Å². The second-order valence-corrected chi connectivity index (χ2v) is 3.93. The molecule has 0 bridgehead atoms. The zero-order valence-corrected chi connectivity index (χ0v) is 9.32. The summed E-state index contributed by atoms with van der Waals surface area (Å²) in [6.07, 6.45) is 7.73. The third-order valence-electron chi connectivity index (χ3n) is 2.77. The first kappa shape index (κ1) is 11.2. The Bertz CT molecular complexity index is 333. The molecule has 1 atom stereocenters. The molecule has 1 aromatic heterocycles. The quantitative estimate of drug-likeness (QED) is 0.588. The van der Waals surface area contributed by atoms with E-state index in [-0.39, 0.29) is 6.04 Å². The molecular formula is C12H18N2O2. The van der Waals surface area contributed by atoms with Gasteiger partial charge in [-0.1, -0.05) is 0 Å². The van der Waals surface area contributed by atoms with Gasteiger partial charge >= 0.3 is 0 Å². The van der Waals surface area contributed by atoms with Gasteiger partial charge in [0.2, 0.25) is 0 Å². The van der Waals surface area contributed by atoms with E-state index in [1.165, 1.54) is 0 Å². The van der Waals surface area contributed by atoms with Gasteiger partial charge in [0.1, 0.15) is 11.5 Å². The fraction of sp³-hybridized carbons (Fsp3) is 0.500. The highest BCUT2D eigenvalue weighted by atomic mass is 16.5. The van der Waals surface area contributed by atoms with E-state index < -0.39 is 0 Å². The minimum absolute atomic E-state index is 0.0883. The average Bonchev–Trinajstić information content (AvgIpc) is 2.84. The standard InChI is InChI=1S/C12H18N2O2/c13-14-11(12-5-1-2-8-16-12)7-6-10-4-3-9-15-10/h3-5,9,11,14H,1-2,6-8,13H2. The average molecular weight is 222 g/mol. The first-order valence-corrected chi connectivity index (χ1v) is 5.71.